The normalized spacial score (nSPS) is 13.2. The number of aryl methyl sites for hydroxylation is 1. The molecule has 4 N–H and O–H groups in total. The first-order valence-corrected chi connectivity index (χ1v) is 6.36. The Bertz CT molecular complexity index is 724. The van der Waals surface area contributed by atoms with Crippen molar-refractivity contribution in [3.63, 3.8) is 0 Å². The number of alkyl halides is 3. The van der Waals surface area contributed by atoms with Crippen LogP contribution < -0.4 is 11.5 Å². The van der Waals surface area contributed by atoms with Crippen LogP contribution in [0.4, 0.5) is 13.2 Å². The summed E-state index contributed by atoms with van der Waals surface area (Å²) in [6.45, 7) is 4.63. The number of aliphatic imine (C=N–C) groups is 1. The molecule has 1 aromatic heterocycles. The molecule has 0 bridgehead atoms. The zero-order valence-electron chi connectivity index (χ0n) is 12.5. The van der Waals surface area contributed by atoms with Crippen molar-refractivity contribution in [1.82, 2.24) is 4.98 Å². The Morgan fingerprint density at radius 2 is 2.04 bits per heavy atom. The van der Waals surface area contributed by atoms with Gasteiger partial charge in [0, 0.05) is 6.21 Å². The molecule has 7 nitrogen and oxygen atoms in total. The van der Waals surface area contributed by atoms with Crippen molar-refractivity contribution in [2.45, 2.75) is 13.1 Å². The van der Waals surface area contributed by atoms with Gasteiger partial charge in [-0.15, -0.1) is 0 Å². The number of nitrogens with zero attached hydrogens (tertiary/aromatic N) is 3. The molecule has 0 spiro atoms. The van der Waals surface area contributed by atoms with Crippen LogP contribution in [0, 0.1) is 6.92 Å². The van der Waals surface area contributed by atoms with E-state index < -0.39 is 17.8 Å². The van der Waals surface area contributed by atoms with Gasteiger partial charge in [0.25, 0.3) is 0 Å². The SMILES string of the molecule is C=CC=N/C=C(N)/C(N)=N/OC(=O)c1ccc(C(F)(F)F)nc1C. The number of hydrogen-bond donors (Lipinski definition) is 2. The molecule has 1 heterocycles. The molecule has 0 saturated heterocycles. The van der Waals surface area contributed by atoms with E-state index in [0.717, 1.165) is 12.3 Å². The van der Waals surface area contributed by atoms with E-state index in [0.29, 0.717) is 6.07 Å². The summed E-state index contributed by atoms with van der Waals surface area (Å²) in [6, 6.07) is 1.60. The van der Waals surface area contributed by atoms with Gasteiger partial charge >= 0.3 is 12.1 Å². The number of oxime groups is 1. The summed E-state index contributed by atoms with van der Waals surface area (Å²) in [5, 5.41) is 3.29. The van der Waals surface area contributed by atoms with Crippen molar-refractivity contribution in [3.05, 3.63) is 53.6 Å². The predicted octanol–water partition coefficient (Wildman–Crippen LogP) is 1.89. The molecule has 0 aliphatic heterocycles. The maximum absolute atomic E-state index is 12.5. The Kier molecular flexibility index (Phi) is 6.22. The molecule has 0 atom stereocenters. The molecule has 128 valence electrons. The number of carbonyl (C=O) groups is 1. The topological polar surface area (TPSA) is 116 Å². The number of carbonyl (C=O) groups excluding carboxylic acids is 1. The van der Waals surface area contributed by atoms with Gasteiger partial charge in [-0.25, -0.2) is 9.78 Å². The van der Waals surface area contributed by atoms with Gasteiger partial charge in [0.2, 0.25) is 0 Å². The molecule has 0 unspecified atom stereocenters. The van der Waals surface area contributed by atoms with Gasteiger partial charge in [0.15, 0.2) is 5.84 Å². The molecule has 1 aromatic rings. The van der Waals surface area contributed by atoms with E-state index in [9.17, 15) is 18.0 Å². The minimum absolute atomic E-state index is 0.0804. The monoisotopic (exact) mass is 341 g/mol. The minimum atomic E-state index is -4.61. The highest BCUT2D eigenvalue weighted by molar-refractivity contribution is 5.97. The quantitative estimate of drug-likeness (QED) is 0.367. The number of rotatable bonds is 5. The predicted molar refractivity (Wildman–Crippen MR) is 82.0 cm³/mol. The van der Waals surface area contributed by atoms with Gasteiger partial charge in [-0.05, 0) is 19.1 Å². The standard InChI is InChI=1S/C14H14F3N5O2/c1-3-6-20-7-10(18)12(19)22-24-13(23)9-4-5-11(14(15,16)17)21-8(9)2/h3-7H,1,18H2,2H3,(H2,19,22)/b10-7-,20-6?. The van der Waals surface area contributed by atoms with Crippen LogP contribution in [0.5, 0.6) is 0 Å². The van der Waals surface area contributed by atoms with Gasteiger partial charge in [-0.1, -0.05) is 17.8 Å². The molecule has 24 heavy (non-hydrogen) atoms. The summed E-state index contributed by atoms with van der Waals surface area (Å²) in [4.78, 5) is 23.3. The summed E-state index contributed by atoms with van der Waals surface area (Å²) >= 11 is 0. The highest BCUT2D eigenvalue weighted by Gasteiger charge is 2.33. The fraction of sp³-hybridized carbons (Fsp3) is 0.143. The van der Waals surface area contributed by atoms with Crippen LogP contribution in [0.1, 0.15) is 21.7 Å². The van der Waals surface area contributed by atoms with Crippen molar-refractivity contribution in [2.75, 3.05) is 0 Å². The van der Waals surface area contributed by atoms with Crippen molar-refractivity contribution >= 4 is 18.0 Å². The lowest BCUT2D eigenvalue weighted by atomic mass is 10.2. The lowest BCUT2D eigenvalue weighted by Gasteiger charge is -2.08. The maximum Gasteiger partial charge on any atom is 0.433 e. The van der Waals surface area contributed by atoms with Gasteiger partial charge < -0.3 is 16.3 Å². The van der Waals surface area contributed by atoms with Crippen LogP contribution in [0.3, 0.4) is 0 Å². The smallest absolute Gasteiger partial charge is 0.394 e. The van der Waals surface area contributed by atoms with Crippen molar-refractivity contribution in [1.29, 1.82) is 0 Å². The molecule has 0 aliphatic carbocycles. The first kappa shape index (κ1) is 18.9. The Morgan fingerprint density at radius 1 is 1.38 bits per heavy atom. The summed E-state index contributed by atoms with van der Waals surface area (Å²) < 4.78 is 37.5. The molecule has 0 fully saturated rings. The lowest BCUT2D eigenvalue weighted by Crippen LogP contribution is -2.22. The Morgan fingerprint density at radius 3 is 2.58 bits per heavy atom. The first-order valence-electron chi connectivity index (χ1n) is 6.36. The number of nitrogens with two attached hydrogens (primary N) is 2. The van der Waals surface area contributed by atoms with Crippen molar-refractivity contribution < 1.29 is 22.8 Å². The van der Waals surface area contributed by atoms with E-state index in [1.165, 1.54) is 19.2 Å². The Hall–Kier alpha value is -3.17. The van der Waals surface area contributed by atoms with Gasteiger partial charge in [0.05, 0.1) is 23.2 Å². The van der Waals surface area contributed by atoms with E-state index in [-0.39, 0.29) is 22.8 Å². The average molecular weight is 341 g/mol. The second kappa shape index (κ2) is 7.90. The minimum Gasteiger partial charge on any atom is -0.394 e. The fourth-order valence-corrected chi connectivity index (χ4v) is 1.38. The summed E-state index contributed by atoms with van der Waals surface area (Å²) in [7, 11) is 0. The van der Waals surface area contributed by atoms with Crippen LogP contribution in [0.25, 0.3) is 0 Å². The molecule has 0 aliphatic rings. The van der Waals surface area contributed by atoms with E-state index in [1.807, 2.05) is 0 Å². The number of halogens is 3. The van der Waals surface area contributed by atoms with Crippen LogP contribution in [-0.4, -0.2) is 23.0 Å². The second-order valence-corrected chi connectivity index (χ2v) is 4.30. The Balaban J connectivity index is 2.89. The van der Waals surface area contributed by atoms with Crippen LogP contribution in [-0.2, 0) is 11.0 Å². The lowest BCUT2D eigenvalue weighted by molar-refractivity contribution is -0.141. The number of allylic oxidation sites excluding steroid dienone is 1. The van der Waals surface area contributed by atoms with E-state index >= 15 is 0 Å². The molecule has 1 rings (SSSR count). The largest absolute Gasteiger partial charge is 0.433 e. The number of aromatic nitrogens is 1. The number of pyridine rings is 1. The average Bonchev–Trinajstić information content (AvgIpc) is 2.51. The Labute approximate surface area is 135 Å². The van der Waals surface area contributed by atoms with Crippen LogP contribution in [0.15, 0.2) is 46.8 Å². The number of hydrogen-bond acceptors (Lipinski definition) is 6. The highest BCUT2D eigenvalue weighted by atomic mass is 19.4. The highest BCUT2D eigenvalue weighted by Crippen LogP contribution is 2.28. The second-order valence-electron chi connectivity index (χ2n) is 4.30. The maximum atomic E-state index is 12.5. The van der Waals surface area contributed by atoms with Gasteiger partial charge in [-0.3, -0.25) is 4.99 Å². The summed E-state index contributed by atoms with van der Waals surface area (Å²) in [5.74, 6) is -1.36. The third-order valence-corrected chi connectivity index (χ3v) is 2.52. The molecular weight excluding hydrogens is 327 g/mol. The molecule has 0 saturated carbocycles. The molecule has 10 heteroatoms. The van der Waals surface area contributed by atoms with Crippen LogP contribution in [0.2, 0.25) is 0 Å². The summed E-state index contributed by atoms with van der Waals surface area (Å²) in [6.07, 6.45) is -0.721. The van der Waals surface area contributed by atoms with Crippen molar-refractivity contribution in [3.8, 4) is 0 Å². The van der Waals surface area contributed by atoms with Crippen LogP contribution >= 0.6 is 0 Å². The van der Waals surface area contributed by atoms with E-state index in [4.69, 9.17) is 11.5 Å². The molecule has 0 radical (unpaired) electrons. The third kappa shape index (κ3) is 5.23. The first-order chi connectivity index (χ1) is 11.2. The molecule has 0 amide bonds. The third-order valence-electron chi connectivity index (χ3n) is 2.52. The van der Waals surface area contributed by atoms with E-state index in [1.54, 1.807) is 0 Å². The van der Waals surface area contributed by atoms with Gasteiger partial charge in [0.1, 0.15) is 5.69 Å². The molecular formula is C14H14F3N5O2. The zero-order chi connectivity index (χ0) is 18.3. The summed E-state index contributed by atoms with van der Waals surface area (Å²) in [5.41, 5.74) is 9.42. The molecule has 0 aromatic carbocycles. The van der Waals surface area contributed by atoms with Gasteiger partial charge in [-0.2, -0.15) is 13.2 Å². The zero-order valence-corrected chi connectivity index (χ0v) is 12.5. The fourth-order valence-electron chi connectivity index (χ4n) is 1.38. The van der Waals surface area contributed by atoms with Crippen molar-refractivity contribution in [2.24, 2.45) is 21.6 Å². The number of amidine groups is 1. The van der Waals surface area contributed by atoms with E-state index in [2.05, 4.69) is 26.5 Å².